The van der Waals surface area contributed by atoms with E-state index in [4.69, 9.17) is 5.11 Å². The van der Waals surface area contributed by atoms with Crippen LogP contribution >= 0.6 is 0 Å². The number of nitrogens with zero attached hydrogens (tertiary/aromatic N) is 2. The van der Waals surface area contributed by atoms with Crippen LogP contribution in [0.2, 0.25) is 0 Å². The Labute approximate surface area is 103 Å². The zero-order chi connectivity index (χ0) is 11.9. The topological polar surface area (TPSA) is 50.1 Å². The SMILES string of the molecule is OCCn1cc(NC2CCCCCCC2)cn1. The lowest BCUT2D eigenvalue weighted by atomic mass is 9.97. The first-order valence-electron chi connectivity index (χ1n) is 6.78. The van der Waals surface area contributed by atoms with Gasteiger partial charge < -0.3 is 10.4 Å². The first-order chi connectivity index (χ1) is 8.38. The highest BCUT2D eigenvalue weighted by molar-refractivity contribution is 5.39. The Balaban J connectivity index is 1.84. The summed E-state index contributed by atoms with van der Waals surface area (Å²) in [5.41, 5.74) is 1.09. The number of aliphatic hydroxyl groups excluding tert-OH is 1. The number of aliphatic hydroxyl groups is 1. The summed E-state index contributed by atoms with van der Waals surface area (Å²) < 4.78 is 1.78. The van der Waals surface area contributed by atoms with Gasteiger partial charge in [0.25, 0.3) is 0 Å². The number of nitrogens with one attached hydrogen (secondary N) is 1. The maximum atomic E-state index is 8.84. The second-order valence-corrected chi connectivity index (χ2v) is 4.90. The molecule has 0 radical (unpaired) electrons. The highest BCUT2D eigenvalue weighted by atomic mass is 16.3. The summed E-state index contributed by atoms with van der Waals surface area (Å²) >= 11 is 0. The summed E-state index contributed by atoms with van der Waals surface area (Å²) in [7, 11) is 0. The molecule has 0 atom stereocenters. The van der Waals surface area contributed by atoms with Crippen molar-refractivity contribution in [3.63, 3.8) is 0 Å². The van der Waals surface area contributed by atoms with Crippen molar-refractivity contribution in [2.24, 2.45) is 0 Å². The molecule has 4 nitrogen and oxygen atoms in total. The van der Waals surface area contributed by atoms with Gasteiger partial charge in [0.15, 0.2) is 0 Å². The zero-order valence-corrected chi connectivity index (χ0v) is 10.4. The first-order valence-corrected chi connectivity index (χ1v) is 6.78. The third kappa shape index (κ3) is 4.04. The highest BCUT2D eigenvalue weighted by Gasteiger charge is 2.11. The molecule has 0 saturated heterocycles. The van der Waals surface area contributed by atoms with E-state index >= 15 is 0 Å². The minimum atomic E-state index is 0.143. The monoisotopic (exact) mass is 237 g/mol. The quantitative estimate of drug-likeness (QED) is 0.845. The lowest BCUT2D eigenvalue weighted by Gasteiger charge is -2.21. The summed E-state index contributed by atoms with van der Waals surface area (Å²) in [4.78, 5) is 0. The van der Waals surface area contributed by atoms with Crippen LogP contribution in [0.3, 0.4) is 0 Å². The van der Waals surface area contributed by atoms with E-state index in [0.717, 1.165) is 5.69 Å². The third-order valence-corrected chi connectivity index (χ3v) is 3.44. The van der Waals surface area contributed by atoms with Crippen LogP contribution in [0.5, 0.6) is 0 Å². The van der Waals surface area contributed by atoms with Crippen LogP contribution in [0.4, 0.5) is 5.69 Å². The van der Waals surface area contributed by atoms with E-state index in [1.807, 2.05) is 12.4 Å². The normalized spacial score (nSPS) is 18.6. The molecule has 0 aromatic carbocycles. The van der Waals surface area contributed by atoms with Gasteiger partial charge in [0.2, 0.25) is 0 Å². The molecule has 1 heterocycles. The molecule has 1 aromatic rings. The largest absolute Gasteiger partial charge is 0.394 e. The van der Waals surface area contributed by atoms with Gasteiger partial charge in [-0.05, 0) is 12.8 Å². The van der Waals surface area contributed by atoms with Crippen LogP contribution in [-0.4, -0.2) is 27.5 Å². The maximum Gasteiger partial charge on any atom is 0.0728 e. The molecular formula is C13H23N3O. The van der Waals surface area contributed by atoms with Crippen LogP contribution in [0, 0.1) is 0 Å². The van der Waals surface area contributed by atoms with Crippen molar-refractivity contribution < 1.29 is 5.11 Å². The van der Waals surface area contributed by atoms with Gasteiger partial charge in [-0.3, -0.25) is 4.68 Å². The summed E-state index contributed by atoms with van der Waals surface area (Å²) in [6.45, 7) is 0.719. The van der Waals surface area contributed by atoms with Crippen molar-refractivity contribution in [1.29, 1.82) is 0 Å². The summed E-state index contributed by atoms with van der Waals surface area (Å²) in [5, 5.41) is 16.6. The van der Waals surface area contributed by atoms with Crippen molar-refractivity contribution in [2.75, 3.05) is 11.9 Å². The van der Waals surface area contributed by atoms with Gasteiger partial charge in [0.1, 0.15) is 0 Å². The Morgan fingerprint density at radius 1 is 1.24 bits per heavy atom. The van der Waals surface area contributed by atoms with E-state index in [0.29, 0.717) is 12.6 Å². The minimum absolute atomic E-state index is 0.143. The van der Waals surface area contributed by atoms with E-state index in [1.165, 1.54) is 44.9 Å². The van der Waals surface area contributed by atoms with Gasteiger partial charge in [0.05, 0.1) is 25.0 Å². The fourth-order valence-corrected chi connectivity index (χ4v) is 2.50. The van der Waals surface area contributed by atoms with E-state index in [9.17, 15) is 0 Å². The molecule has 17 heavy (non-hydrogen) atoms. The van der Waals surface area contributed by atoms with Gasteiger partial charge in [0, 0.05) is 12.2 Å². The molecule has 0 unspecified atom stereocenters. The smallest absolute Gasteiger partial charge is 0.0728 e. The molecule has 1 aliphatic rings. The van der Waals surface area contributed by atoms with Gasteiger partial charge >= 0.3 is 0 Å². The lowest BCUT2D eigenvalue weighted by molar-refractivity contribution is 0.269. The fraction of sp³-hybridized carbons (Fsp3) is 0.769. The van der Waals surface area contributed by atoms with Crippen LogP contribution in [-0.2, 0) is 6.54 Å². The molecule has 0 spiro atoms. The number of hydrogen-bond donors (Lipinski definition) is 2. The summed E-state index contributed by atoms with van der Waals surface area (Å²) in [6.07, 6.45) is 13.2. The fourth-order valence-electron chi connectivity index (χ4n) is 2.50. The van der Waals surface area contributed by atoms with E-state index in [-0.39, 0.29) is 6.61 Å². The molecule has 2 rings (SSSR count). The summed E-state index contributed by atoms with van der Waals surface area (Å²) in [5.74, 6) is 0. The van der Waals surface area contributed by atoms with Gasteiger partial charge in [-0.1, -0.05) is 32.1 Å². The average Bonchev–Trinajstić information content (AvgIpc) is 2.70. The summed E-state index contributed by atoms with van der Waals surface area (Å²) in [6, 6.07) is 0.599. The Kier molecular flexibility index (Phi) is 4.86. The van der Waals surface area contributed by atoms with E-state index in [1.54, 1.807) is 4.68 Å². The number of rotatable bonds is 4. The molecule has 1 fully saturated rings. The Morgan fingerprint density at radius 3 is 2.65 bits per heavy atom. The molecule has 0 bridgehead atoms. The van der Waals surface area contributed by atoms with Crippen molar-refractivity contribution in [1.82, 2.24) is 9.78 Å². The molecule has 1 saturated carbocycles. The molecule has 0 aliphatic heterocycles. The molecule has 96 valence electrons. The van der Waals surface area contributed by atoms with Crippen LogP contribution in [0.1, 0.15) is 44.9 Å². The maximum absolute atomic E-state index is 8.84. The zero-order valence-electron chi connectivity index (χ0n) is 10.4. The highest BCUT2D eigenvalue weighted by Crippen LogP contribution is 2.20. The first kappa shape index (κ1) is 12.4. The van der Waals surface area contributed by atoms with Crippen molar-refractivity contribution >= 4 is 5.69 Å². The van der Waals surface area contributed by atoms with Crippen LogP contribution in [0.25, 0.3) is 0 Å². The van der Waals surface area contributed by atoms with Gasteiger partial charge in [-0.2, -0.15) is 5.10 Å². The van der Waals surface area contributed by atoms with Crippen molar-refractivity contribution in [3.8, 4) is 0 Å². The van der Waals surface area contributed by atoms with Gasteiger partial charge in [-0.25, -0.2) is 0 Å². The second-order valence-electron chi connectivity index (χ2n) is 4.90. The van der Waals surface area contributed by atoms with Gasteiger partial charge in [-0.15, -0.1) is 0 Å². The molecule has 1 aromatic heterocycles. The Bertz CT molecular complexity index is 316. The molecular weight excluding hydrogens is 214 g/mol. The Morgan fingerprint density at radius 2 is 1.94 bits per heavy atom. The van der Waals surface area contributed by atoms with Crippen LogP contribution < -0.4 is 5.32 Å². The number of hydrogen-bond acceptors (Lipinski definition) is 3. The predicted molar refractivity (Wildman–Crippen MR) is 69.0 cm³/mol. The molecule has 4 heteroatoms. The number of aromatic nitrogens is 2. The average molecular weight is 237 g/mol. The Hall–Kier alpha value is -1.03. The van der Waals surface area contributed by atoms with Crippen molar-refractivity contribution in [3.05, 3.63) is 12.4 Å². The molecule has 0 amide bonds. The standard InChI is InChI=1S/C13H23N3O/c17-9-8-16-11-13(10-14-16)15-12-6-4-2-1-3-5-7-12/h10-12,15,17H,1-9H2. The number of anilines is 1. The van der Waals surface area contributed by atoms with Crippen molar-refractivity contribution in [2.45, 2.75) is 57.5 Å². The molecule has 1 aliphatic carbocycles. The lowest BCUT2D eigenvalue weighted by Crippen LogP contribution is -2.20. The van der Waals surface area contributed by atoms with E-state index in [2.05, 4.69) is 10.4 Å². The second kappa shape index (κ2) is 6.64. The minimum Gasteiger partial charge on any atom is -0.394 e. The molecule has 2 N–H and O–H groups in total. The van der Waals surface area contributed by atoms with Crippen LogP contribution in [0.15, 0.2) is 12.4 Å². The third-order valence-electron chi connectivity index (χ3n) is 3.44. The predicted octanol–water partition coefficient (Wildman–Crippen LogP) is 2.40. The van der Waals surface area contributed by atoms with E-state index < -0.39 is 0 Å².